The zero-order chi connectivity index (χ0) is 24.2. The van der Waals surface area contributed by atoms with Gasteiger partial charge in [-0.3, -0.25) is 0 Å². The van der Waals surface area contributed by atoms with Crippen molar-refractivity contribution in [2.24, 2.45) is 0 Å². The Hall–Kier alpha value is -4.38. The van der Waals surface area contributed by atoms with E-state index in [9.17, 15) is 10.2 Å². The summed E-state index contributed by atoms with van der Waals surface area (Å²) in [6, 6.07) is 35.0. The van der Waals surface area contributed by atoms with Gasteiger partial charge in [-0.05, 0) is 46.5 Å². The second-order valence-corrected chi connectivity index (χ2v) is 9.10. The summed E-state index contributed by atoms with van der Waals surface area (Å²) >= 11 is 0. The highest BCUT2D eigenvalue weighted by Gasteiger charge is 2.29. The first-order valence-electron chi connectivity index (χ1n) is 12.0. The molecular weight excluding hydrogens is 448 g/mol. The molecule has 0 aliphatic carbocycles. The predicted molar refractivity (Wildman–Crippen MR) is 138 cm³/mol. The molecule has 0 amide bonds. The molecule has 5 aromatic rings. The van der Waals surface area contributed by atoms with Gasteiger partial charge in [0.2, 0.25) is 0 Å². The summed E-state index contributed by atoms with van der Waals surface area (Å²) in [5.74, 6) is 2.69. The first kappa shape index (κ1) is 20.9. The van der Waals surface area contributed by atoms with Gasteiger partial charge in [0, 0.05) is 22.3 Å². The van der Waals surface area contributed by atoms with E-state index in [-0.39, 0.29) is 0 Å². The third-order valence-corrected chi connectivity index (χ3v) is 7.05. The molecule has 0 aromatic heterocycles. The summed E-state index contributed by atoms with van der Waals surface area (Å²) in [6.45, 7) is 0. The van der Waals surface area contributed by atoms with Crippen molar-refractivity contribution in [1.29, 1.82) is 0 Å². The van der Waals surface area contributed by atoms with Crippen molar-refractivity contribution >= 4 is 0 Å². The molecule has 2 aliphatic heterocycles. The number of aliphatic hydroxyl groups excluding tert-OH is 2. The Balaban J connectivity index is 1.28. The molecule has 2 aliphatic rings. The maximum absolute atomic E-state index is 11.2. The van der Waals surface area contributed by atoms with Crippen molar-refractivity contribution in [2.75, 3.05) is 0 Å². The van der Waals surface area contributed by atoms with E-state index in [0.29, 0.717) is 23.0 Å². The number of ether oxygens (including phenoxy) is 2. The monoisotopic (exact) mass is 470 g/mol. The Morgan fingerprint density at radius 1 is 0.417 bits per heavy atom. The lowest BCUT2D eigenvalue weighted by molar-refractivity contribution is 0.203. The van der Waals surface area contributed by atoms with E-state index in [1.165, 1.54) is 0 Å². The molecule has 2 N–H and O–H groups in total. The van der Waals surface area contributed by atoms with Crippen LogP contribution in [0.15, 0.2) is 109 Å². The second-order valence-electron chi connectivity index (χ2n) is 9.10. The van der Waals surface area contributed by atoms with Crippen molar-refractivity contribution < 1.29 is 19.7 Å². The van der Waals surface area contributed by atoms with Gasteiger partial charge >= 0.3 is 0 Å². The average Bonchev–Trinajstić information content (AvgIpc) is 2.93. The van der Waals surface area contributed by atoms with Gasteiger partial charge in [-0.15, -0.1) is 0 Å². The lowest BCUT2D eigenvalue weighted by Crippen LogP contribution is -2.11. The minimum absolute atomic E-state index is 0.666. The predicted octanol–water partition coefficient (Wildman–Crippen LogP) is 7.40. The maximum Gasteiger partial charge on any atom is 0.134 e. The largest absolute Gasteiger partial charge is 0.457 e. The summed E-state index contributed by atoms with van der Waals surface area (Å²) in [5.41, 5.74) is 6.86. The van der Waals surface area contributed by atoms with Crippen LogP contribution in [-0.2, 0) is 0 Å². The molecule has 174 valence electrons. The molecule has 2 unspecified atom stereocenters. The zero-order valence-corrected chi connectivity index (χ0v) is 19.3. The molecule has 0 radical (unpaired) electrons. The van der Waals surface area contributed by atoms with Crippen LogP contribution in [0.3, 0.4) is 0 Å². The number of benzene rings is 5. The molecule has 7 rings (SSSR count). The summed E-state index contributed by atoms with van der Waals surface area (Å²) < 4.78 is 12.2. The van der Waals surface area contributed by atoms with Gasteiger partial charge in [-0.25, -0.2) is 0 Å². The van der Waals surface area contributed by atoms with Crippen molar-refractivity contribution in [3.8, 4) is 45.3 Å². The van der Waals surface area contributed by atoms with E-state index in [0.717, 1.165) is 44.5 Å². The van der Waals surface area contributed by atoms with Crippen molar-refractivity contribution in [3.63, 3.8) is 0 Å². The third-order valence-electron chi connectivity index (χ3n) is 7.05. The highest BCUT2D eigenvalue weighted by atomic mass is 16.5. The SMILES string of the molecule is OC1c2ccccc2Oc2cccc(-c3ccc(-c4cccc5c4C(O)c4ccccc4O5)cc3)c21. The highest BCUT2D eigenvalue weighted by Crippen LogP contribution is 2.48. The Morgan fingerprint density at radius 2 is 0.806 bits per heavy atom. The fourth-order valence-corrected chi connectivity index (χ4v) is 5.31. The number of rotatable bonds is 2. The molecule has 36 heavy (non-hydrogen) atoms. The minimum Gasteiger partial charge on any atom is -0.457 e. The first-order valence-corrected chi connectivity index (χ1v) is 12.0. The van der Waals surface area contributed by atoms with E-state index >= 15 is 0 Å². The van der Waals surface area contributed by atoms with Crippen LogP contribution in [0, 0.1) is 0 Å². The van der Waals surface area contributed by atoms with Gasteiger partial charge in [-0.2, -0.15) is 0 Å². The Bertz CT molecular complexity index is 1500. The van der Waals surface area contributed by atoms with Crippen LogP contribution < -0.4 is 9.47 Å². The zero-order valence-electron chi connectivity index (χ0n) is 19.3. The Morgan fingerprint density at radius 3 is 1.25 bits per heavy atom. The van der Waals surface area contributed by atoms with Crippen molar-refractivity contribution in [3.05, 3.63) is 131 Å². The van der Waals surface area contributed by atoms with E-state index < -0.39 is 12.2 Å². The molecule has 4 nitrogen and oxygen atoms in total. The van der Waals surface area contributed by atoms with Crippen LogP contribution in [0.5, 0.6) is 23.0 Å². The molecule has 0 fully saturated rings. The molecule has 5 aromatic carbocycles. The van der Waals surface area contributed by atoms with Gasteiger partial charge in [0.05, 0.1) is 0 Å². The van der Waals surface area contributed by atoms with Crippen LogP contribution >= 0.6 is 0 Å². The minimum atomic E-state index is -0.769. The molecular formula is C32H22O4. The van der Waals surface area contributed by atoms with Crippen LogP contribution in [-0.4, -0.2) is 10.2 Å². The molecule has 0 saturated carbocycles. The summed E-state index contributed by atoms with van der Waals surface area (Å²) in [6.07, 6.45) is -1.54. The lowest BCUT2D eigenvalue weighted by Gasteiger charge is -2.27. The number of hydrogen-bond acceptors (Lipinski definition) is 4. The third kappa shape index (κ3) is 3.16. The Labute approximate surface area is 208 Å². The van der Waals surface area contributed by atoms with Gasteiger partial charge < -0.3 is 19.7 Å². The van der Waals surface area contributed by atoms with E-state index in [1.54, 1.807) is 0 Å². The topological polar surface area (TPSA) is 58.9 Å². The summed E-state index contributed by atoms with van der Waals surface area (Å²) in [5, 5.41) is 22.4. The Kier molecular flexibility index (Phi) is 4.71. The highest BCUT2D eigenvalue weighted by molar-refractivity contribution is 5.78. The maximum atomic E-state index is 11.2. The summed E-state index contributed by atoms with van der Waals surface area (Å²) in [4.78, 5) is 0. The summed E-state index contributed by atoms with van der Waals surface area (Å²) in [7, 11) is 0. The fourth-order valence-electron chi connectivity index (χ4n) is 5.31. The lowest BCUT2D eigenvalue weighted by atomic mass is 9.87. The van der Waals surface area contributed by atoms with Gasteiger partial charge in [0.25, 0.3) is 0 Å². The van der Waals surface area contributed by atoms with Gasteiger partial charge in [0.15, 0.2) is 0 Å². The quantitative estimate of drug-likeness (QED) is 0.282. The van der Waals surface area contributed by atoms with Crippen molar-refractivity contribution in [1.82, 2.24) is 0 Å². The molecule has 0 saturated heterocycles. The van der Waals surface area contributed by atoms with E-state index in [1.807, 2.05) is 109 Å². The molecule has 0 spiro atoms. The van der Waals surface area contributed by atoms with E-state index in [2.05, 4.69) is 0 Å². The van der Waals surface area contributed by atoms with Crippen molar-refractivity contribution in [2.45, 2.75) is 12.2 Å². The van der Waals surface area contributed by atoms with Crippen LogP contribution in [0.4, 0.5) is 0 Å². The van der Waals surface area contributed by atoms with Gasteiger partial charge in [0.1, 0.15) is 35.2 Å². The average molecular weight is 471 g/mol. The van der Waals surface area contributed by atoms with Crippen LogP contribution in [0.1, 0.15) is 34.5 Å². The smallest absolute Gasteiger partial charge is 0.134 e. The first-order chi connectivity index (χ1) is 17.7. The van der Waals surface area contributed by atoms with E-state index in [4.69, 9.17) is 9.47 Å². The number of para-hydroxylation sites is 2. The molecule has 2 atom stereocenters. The number of fused-ring (bicyclic) bond motifs is 4. The van der Waals surface area contributed by atoms with Crippen LogP contribution in [0.25, 0.3) is 22.3 Å². The number of hydrogen-bond donors (Lipinski definition) is 2. The second kappa shape index (κ2) is 8.09. The fraction of sp³-hybridized carbons (Fsp3) is 0.0625. The van der Waals surface area contributed by atoms with Crippen LogP contribution in [0.2, 0.25) is 0 Å². The molecule has 2 heterocycles. The molecule has 4 heteroatoms. The molecule has 0 bridgehead atoms. The van der Waals surface area contributed by atoms with Gasteiger partial charge in [-0.1, -0.05) is 84.9 Å². The number of aliphatic hydroxyl groups is 2. The standard InChI is InChI=1S/C32H22O4/c33-31-23-7-1-3-11-25(23)35-27-13-5-9-21(29(27)31)19-15-17-20(18-16-19)22-10-6-14-28-30(22)32(34)24-8-2-4-12-26(24)36-28/h1-18,31-34H. The normalized spacial score (nSPS) is 17.1.